The van der Waals surface area contributed by atoms with E-state index in [1.165, 1.54) is 11.7 Å². The van der Waals surface area contributed by atoms with Gasteiger partial charge in [-0.15, -0.1) is 6.58 Å². The molecule has 0 saturated carbocycles. The zero-order chi connectivity index (χ0) is 8.97. The molecular formula is C8H13N3S. The highest BCUT2D eigenvalue weighted by Crippen LogP contribution is 2.15. The maximum Gasteiger partial charge on any atom is 0.0910 e. The standard InChI is InChI=1S/C8H13N3S/c1-6(2)3-4-7(9)8-5-10-12-11-8/h5,7H,1,3-4,9H2,2H3. The van der Waals surface area contributed by atoms with Crippen LogP contribution in [0, 0.1) is 0 Å². The van der Waals surface area contributed by atoms with Gasteiger partial charge < -0.3 is 5.73 Å². The Labute approximate surface area is 76.6 Å². The topological polar surface area (TPSA) is 51.8 Å². The second-order valence-corrected chi connectivity index (χ2v) is 3.49. The average molecular weight is 183 g/mol. The molecule has 0 aliphatic heterocycles. The molecule has 1 aromatic rings. The first kappa shape index (κ1) is 9.35. The lowest BCUT2D eigenvalue weighted by Gasteiger charge is -2.06. The van der Waals surface area contributed by atoms with Crippen LogP contribution in [0.5, 0.6) is 0 Å². The predicted molar refractivity (Wildman–Crippen MR) is 50.9 cm³/mol. The maximum atomic E-state index is 5.85. The third kappa shape index (κ3) is 2.71. The summed E-state index contributed by atoms with van der Waals surface area (Å²) in [6.07, 6.45) is 3.59. The molecule has 4 heteroatoms. The van der Waals surface area contributed by atoms with Gasteiger partial charge in [0.25, 0.3) is 0 Å². The molecule has 0 bridgehead atoms. The minimum atomic E-state index is 0.0143. The first-order chi connectivity index (χ1) is 5.70. The Hall–Kier alpha value is -0.740. The van der Waals surface area contributed by atoms with Crippen LogP contribution in [0.3, 0.4) is 0 Å². The molecule has 0 fully saturated rings. The zero-order valence-corrected chi connectivity index (χ0v) is 7.97. The molecule has 0 aliphatic carbocycles. The zero-order valence-electron chi connectivity index (χ0n) is 7.16. The highest BCUT2D eigenvalue weighted by atomic mass is 32.1. The second-order valence-electron chi connectivity index (χ2n) is 2.93. The summed E-state index contributed by atoms with van der Waals surface area (Å²) in [6, 6.07) is 0.0143. The van der Waals surface area contributed by atoms with Gasteiger partial charge in [0, 0.05) is 0 Å². The van der Waals surface area contributed by atoms with Crippen molar-refractivity contribution in [1.82, 2.24) is 8.75 Å². The summed E-state index contributed by atoms with van der Waals surface area (Å²) >= 11 is 1.20. The summed E-state index contributed by atoms with van der Waals surface area (Å²) in [5, 5.41) is 0. The number of rotatable bonds is 4. The Morgan fingerprint density at radius 2 is 2.58 bits per heavy atom. The monoisotopic (exact) mass is 183 g/mol. The van der Waals surface area contributed by atoms with Crippen LogP contribution in [0.25, 0.3) is 0 Å². The third-order valence-electron chi connectivity index (χ3n) is 1.64. The molecule has 1 rings (SSSR count). The minimum Gasteiger partial charge on any atom is -0.323 e. The summed E-state index contributed by atoms with van der Waals surface area (Å²) in [4.78, 5) is 0. The van der Waals surface area contributed by atoms with Gasteiger partial charge in [0.2, 0.25) is 0 Å². The molecule has 0 aromatic carbocycles. The van der Waals surface area contributed by atoms with Gasteiger partial charge in [-0.2, -0.15) is 8.75 Å². The van der Waals surface area contributed by atoms with Crippen molar-refractivity contribution in [2.45, 2.75) is 25.8 Å². The molecule has 1 aromatic heterocycles. The fraction of sp³-hybridized carbons (Fsp3) is 0.500. The predicted octanol–water partition coefficient (Wildman–Crippen LogP) is 1.89. The van der Waals surface area contributed by atoms with Crippen LogP contribution in [0.4, 0.5) is 0 Å². The maximum absolute atomic E-state index is 5.85. The Kier molecular flexibility index (Phi) is 3.37. The number of aromatic nitrogens is 2. The van der Waals surface area contributed by atoms with E-state index in [1.54, 1.807) is 6.20 Å². The summed E-state index contributed by atoms with van der Waals surface area (Å²) < 4.78 is 7.97. The highest BCUT2D eigenvalue weighted by Gasteiger charge is 2.07. The molecule has 0 spiro atoms. The van der Waals surface area contributed by atoms with Gasteiger partial charge >= 0.3 is 0 Å². The van der Waals surface area contributed by atoms with Gasteiger partial charge in [0.1, 0.15) is 0 Å². The molecule has 3 nitrogen and oxygen atoms in total. The Morgan fingerprint density at radius 1 is 1.83 bits per heavy atom. The van der Waals surface area contributed by atoms with Gasteiger partial charge in [-0.1, -0.05) is 5.57 Å². The van der Waals surface area contributed by atoms with E-state index in [1.807, 2.05) is 6.92 Å². The van der Waals surface area contributed by atoms with Crippen molar-refractivity contribution >= 4 is 11.7 Å². The molecule has 12 heavy (non-hydrogen) atoms. The fourth-order valence-corrected chi connectivity index (χ4v) is 1.36. The summed E-state index contributed by atoms with van der Waals surface area (Å²) in [5.41, 5.74) is 7.90. The summed E-state index contributed by atoms with van der Waals surface area (Å²) in [7, 11) is 0. The lowest BCUT2D eigenvalue weighted by Crippen LogP contribution is -2.10. The van der Waals surface area contributed by atoms with Gasteiger partial charge in [-0.3, -0.25) is 0 Å². The molecule has 1 heterocycles. The van der Waals surface area contributed by atoms with Crippen molar-refractivity contribution in [3.05, 3.63) is 24.0 Å². The lowest BCUT2D eigenvalue weighted by atomic mass is 10.1. The quantitative estimate of drug-likeness (QED) is 0.725. The summed E-state index contributed by atoms with van der Waals surface area (Å²) in [5.74, 6) is 0. The molecule has 0 aliphatic rings. The van der Waals surface area contributed by atoms with Crippen LogP contribution >= 0.6 is 11.7 Å². The van der Waals surface area contributed by atoms with E-state index in [9.17, 15) is 0 Å². The molecule has 1 unspecified atom stereocenters. The Bertz CT molecular complexity index is 243. The van der Waals surface area contributed by atoms with Crippen molar-refractivity contribution < 1.29 is 0 Å². The average Bonchev–Trinajstić information content (AvgIpc) is 2.51. The SMILES string of the molecule is C=C(C)CCC(N)c1cnsn1. The van der Waals surface area contributed by atoms with Gasteiger partial charge in [-0.25, -0.2) is 0 Å². The van der Waals surface area contributed by atoms with Crippen molar-refractivity contribution in [3.8, 4) is 0 Å². The summed E-state index contributed by atoms with van der Waals surface area (Å²) in [6.45, 7) is 5.83. The number of nitrogens with two attached hydrogens (primary N) is 1. The molecule has 1 atom stereocenters. The van der Waals surface area contributed by atoms with Crippen LogP contribution in [-0.4, -0.2) is 8.75 Å². The Balaban J connectivity index is 2.39. The number of hydrogen-bond donors (Lipinski definition) is 1. The third-order valence-corrected chi connectivity index (χ3v) is 2.13. The van der Waals surface area contributed by atoms with Crippen molar-refractivity contribution in [2.75, 3.05) is 0 Å². The number of hydrogen-bond acceptors (Lipinski definition) is 4. The highest BCUT2D eigenvalue weighted by molar-refractivity contribution is 6.99. The number of allylic oxidation sites excluding steroid dienone is 1. The lowest BCUT2D eigenvalue weighted by molar-refractivity contribution is 0.637. The minimum absolute atomic E-state index is 0.0143. The fourth-order valence-electron chi connectivity index (χ4n) is 0.885. The van der Waals surface area contributed by atoms with Crippen LogP contribution in [0.15, 0.2) is 18.3 Å². The smallest absolute Gasteiger partial charge is 0.0910 e. The van der Waals surface area contributed by atoms with Gasteiger partial charge in [-0.05, 0) is 19.8 Å². The van der Waals surface area contributed by atoms with Crippen LogP contribution in [0.1, 0.15) is 31.5 Å². The molecule has 66 valence electrons. The van der Waals surface area contributed by atoms with E-state index < -0.39 is 0 Å². The Morgan fingerprint density at radius 3 is 3.08 bits per heavy atom. The van der Waals surface area contributed by atoms with Crippen LogP contribution in [0.2, 0.25) is 0 Å². The molecule has 0 radical (unpaired) electrons. The molecular weight excluding hydrogens is 170 g/mol. The molecule has 0 amide bonds. The van der Waals surface area contributed by atoms with E-state index in [0.717, 1.165) is 24.1 Å². The molecule has 2 N–H and O–H groups in total. The normalized spacial score (nSPS) is 12.8. The largest absolute Gasteiger partial charge is 0.323 e. The van der Waals surface area contributed by atoms with Crippen molar-refractivity contribution in [2.24, 2.45) is 5.73 Å². The van der Waals surface area contributed by atoms with Gasteiger partial charge in [0.05, 0.1) is 29.7 Å². The van der Waals surface area contributed by atoms with Crippen molar-refractivity contribution in [3.63, 3.8) is 0 Å². The van der Waals surface area contributed by atoms with E-state index in [4.69, 9.17) is 5.73 Å². The van der Waals surface area contributed by atoms with Gasteiger partial charge in [0.15, 0.2) is 0 Å². The van der Waals surface area contributed by atoms with Crippen LogP contribution in [-0.2, 0) is 0 Å². The molecule has 0 saturated heterocycles. The van der Waals surface area contributed by atoms with E-state index >= 15 is 0 Å². The van der Waals surface area contributed by atoms with E-state index in [2.05, 4.69) is 15.3 Å². The van der Waals surface area contributed by atoms with Crippen LogP contribution < -0.4 is 5.73 Å². The van der Waals surface area contributed by atoms with E-state index in [0.29, 0.717) is 0 Å². The first-order valence-corrected chi connectivity index (χ1v) is 4.60. The van der Waals surface area contributed by atoms with E-state index in [-0.39, 0.29) is 6.04 Å². The first-order valence-electron chi connectivity index (χ1n) is 3.87. The number of nitrogens with zero attached hydrogens (tertiary/aromatic N) is 2. The van der Waals surface area contributed by atoms with Crippen molar-refractivity contribution in [1.29, 1.82) is 0 Å². The second kappa shape index (κ2) is 4.33.